The average Bonchev–Trinajstić information content (AvgIpc) is 2.56. The van der Waals surface area contributed by atoms with Crippen molar-refractivity contribution in [2.45, 2.75) is 38.6 Å². The Kier molecular flexibility index (Phi) is 6.77. The van der Waals surface area contributed by atoms with Crippen molar-refractivity contribution in [3.05, 3.63) is 35.4 Å². The molecule has 0 saturated heterocycles. The van der Waals surface area contributed by atoms with Crippen molar-refractivity contribution in [1.82, 2.24) is 10.2 Å². The predicted octanol–water partition coefficient (Wildman–Crippen LogP) is 2.18. The van der Waals surface area contributed by atoms with Gasteiger partial charge < -0.3 is 10.2 Å². The predicted molar refractivity (Wildman–Crippen MR) is 90.9 cm³/mol. The van der Waals surface area contributed by atoms with E-state index < -0.39 is 0 Å². The van der Waals surface area contributed by atoms with Crippen LogP contribution in [0.25, 0.3) is 0 Å². The summed E-state index contributed by atoms with van der Waals surface area (Å²) in [6.45, 7) is 2.24. The lowest BCUT2D eigenvalue weighted by atomic mass is 9.99. The molecule has 0 radical (unpaired) electrons. The number of fused-ring (bicyclic) bond motifs is 1. The van der Waals surface area contributed by atoms with Crippen LogP contribution in [-0.2, 0) is 22.6 Å². The highest BCUT2D eigenvalue weighted by atomic mass is 32.1. The van der Waals surface area contributed by atoms with Crippen molar-refractivity contribution in [2.24, 2.45) is 0 Å². The van der Waals surface area contributed by atoms with Gasteiger partial charge in [0.25, 0.3) is 0 Å². The fourth-order valence-electron chi connectivity index (χ4n) is 2.73. The molecule has 0 atom stereocenters. The van der Waals surface area contributed by atoms with Crippen LogP contribution in [0.4, 0.5) is 0 Å². The van der Waals surface area contributed by atoms with Crippen LogP contribution in [0.2, 0.25) is 0 Å². The van der Waals surface area contributed by atoms with Crippen LogP contribution in [0.15, 0.2) is 24.3 Å². The third-order valence-corrected chi connectivity index (χ3v) is 4.30. The molecular weight excluding hydrogens is 296 g/mol. The van der Waals surface area contributed by atoms with Crippen molar-refractivity contribution in [3.63, 3.8) is 0 Å². The molecule has 1 aliphatic rings. The number of nitrogens with zero attached hydrogens (tertiary/aromatic N) is 1. The zero-order valence-electron chi connectivity index (χ0n) is 12.9. The molecule has 0 saturated carbocycles. The molecule has 1 N–H and O–H groups in total. The van der Waals surface area contributed by atoms with Crippen molar-refractivity contribution >= 4 is 24.4 Å². The molecule has 22 heavy (non-hydrogen) atoms. The maximum absolute atomic E-state index is 12.2. The summed E-state index contributed by atoms with van der Waals surface area (Å²) in [6.07, 6.45) is 4.31. The second kappa shape index (κ2) is 8.83. The van der Waals surface area contributed by atoms with Gasteiger partial charge in [0.05, 0.1) is 5.75 Å². The Hall–Kier alpha value is -1.49. The Balaban J connectivity index is 1.63. The number of hydrogen-bond donors (Lipinski definition) is 2. The van der Waals surface area contributed by atoms with E-state index in [-0.39, 0.29) is 17.6 Å². The van der Waals surface area contributed by atoms with Crippen molar-refractivity contribution < 1.29 is 9.59 Å². The summed E-state index contributed by atoms with van der Waals surface area (Å²) < 4.78 is 0. The van der Waals surface area contributed by atoms with E-state index in [9.17, 15) is 9.59 Å². The van der Waals surface area contributed by atoms with Crippen LogP contribution in [0.3, 0.4) is 0 Å². The largest absolute Gasteiger partial charge is 0.355 e. The van der Waals surface area contributed by atoms with Crippen LogP contribution in [0.1, 0.15) is 36.8 Å². The molecule has 2 amide bonds. The molecule has 5 heteroatoms. The fraction of sp³-hybridized carbons (Fsp3) is 0.529. The average molecular weight is 320 g/mol. The lowest BCUT2D eigenvalue weighted by Crippen LogP contribution is -2.35. The summed E-state index contributed by atoms with van der Waals surface area (Å²) >= 11 is 3.90. The Morgan fingerprint density at radius 3 is 2.68 bits per heavy atom. The van der Waals surface area contributed by atoms with Gasteiger partial charge in [-0.3, -0.25) is 9.59 Å². The quantitative estimate of drug-likeness (QED) is 0.597. The van der Waals surface area contributed by atoms with Gasteiger partial charge in [0.1, 0.15) is 0 Å². The number of thiol groups is 1. The number of amides is 2. The first kappa shape index (κ1) is 16.9. The number of benzene rings is 1. The summed E-state index contributed by atoms with van der Waals surface area (Å²) in [5, 5.41) is 2.78. The normalized spacial score (nSPS) is 13.6. The molecule has 0 unspecified atom stereocenters. The van der Waals surface area contributed by atoms with Crippen LogP contribution in [0, 0.1) is 0 Å². The minimum atomic E-state index is -0.0357. The summed E-state index contributed by atoms with van der Waals surface area (Å²) in [6, 6.07) is 8.35. The van der Waals surface area contributed by atoms with Gasteiger partial charge in [0.2, 0.25) is 11.8 Å². The molecule has 1 aromatic carbocycles. The van der Waals surface area contributed by atoms with E-state index >= 15 is 0 Å². The molecule has 0 spiro atoms. The third kappa shape index (κ3) is 5.05. The van der Waals surface area contributed by atoms with Crippen molar-refractivity contribution in [2.75, 3.05) is 18.8 Å². The second-order valence-corrected chi connectivity index (χ2v) is 5.97. The van der Waals surface area contributed by atoms with Gasteiger partial charge in [-0.1, -0.05) is 30.7 Å². The number of nitrogens with one attached hydrogen (secondary N) is 1. The Labute approximate surface area is 137 Å². The van der Waals surface area contributed by atoms with E-state index in [0.29, 0.717) is 13.0 Å². The summed E-state index contributed by atoms with van der Waals surface area (Å²) in [5.74, 6) is 0.440. The Morgan fingerprint density at radius 2 is 1.91 bits per heavy atom. The number of hydrogen-bond acceptors (Lipinski definition) is 3. The van der Waals surface area contributed by atoms with E-state index in [1.165, 1.54) is 11.1 Å². The molecule has 0 bridgehead atoms. The smallest absolute Gasteiger partial charge is 0.229 e. The topological polar surface area (TPSA) is 49.4 Å². The van der Waals surface area contributed by atoms with E-state index in [0.717, 1.165) is 38.8 Å². The molecule has 4 nitrogen and oxygen atoms in total. The highest BCUT2D eigenvalue weighted by Gasteiger charge is 2.19. The first-order valence-electron chi connectivity index (χ1n) is 7.93. The molecule has 1 heterocycles. The standard InChI is InChI=1S/C17H24N2O2S/c20-16(13-22)18-10-5-1-2-8-17(21)19-11-9-14-6-3-4-7-15(14)12-19/h3-4,6-7,22H,1-2,5,8-13H2,(H,18,20). The van der Waals surface area contributed by atoms with Crippen molar-refractivity contribution in [1.29, 1.82) is 0 Å². The van der Waals surface area contributed by atoms with Crippen LogP contribution >= 0.6 is 12.6 Å². The van der Waals surface area contributed by atoms with Gasteiger partial charge in [-0.05, 0) is 30.4 Å². The van der Waals surface area contributed by atoms with Gasteiger partial charge in [-0.15, -0.1) is 0 Å². The highest BCUT2D eigenvalue weighted by Crippen LogP contribution is 2.19. The Morgan fingerprint density at radius 1 is 1.14 bits per heavy atom. The zero-order chi connectivity index (χ0) is 15.8. The lowest BCUT2D eigenvalue weighted by molar-refractivity contribution is -0.132. The minimum Gasteiger partial charge on any atom is -0.355 e. The van der Waals surface area contributed by atoms with Gasteiger partial charge >= 0.3 is 0 Å². The summed E-state index contributed by atoms with van der Waals surface area (Å²) in [4.78, 5) is 25.2. The number of carbonyl (C=O) groups excluding carboxylic acids is 2. The molecule has 0 fully saturated rings. The summed E-state index contributed by atoms with van der Waals surface area (Å²) in [7, 11) is 0. The maximum Gasteiger partial charge on any atom is 0.229 e. The number of carbonyl (C=O) groups is 2. The number of rotatable bonds is 7. The van der Waals surface area contributed by atoms with Crippen LogP contribution in [0.5, 0.6) is 0 Å². The SMILES string of the molecule is O=C(CS)NCCCCCC(=O)N1CCc2ccccc2C1. The second-order valence-electron chi connectivity index (χ2n) is 5.65. The molecular formula is C17H24N2O2S. The van der Waals surface area contributed by atoms with E-state index in [1.54, 1.807) is 0 Å². The van der Waals surface area contributed by atoms with Crippen LogP contribution < -0.4 is 5.32 Å². The fourth-order valence-corrected chi connectivity index (χ4v) is 2.84. The van der Waals surface area contributed by atoms with Crippen molar-refractivity contribution in [3.8, 4) is 0 Å². The van der Waals surface area contributed by atoms with E-state index in [1.807, 2.05) is 11.0 Å². The van der Waals surface area contributed by atoms with Gasteiger partial charge in [-0.2, -0.15) is 12.6 Å². The van der Waals surface area contributed by atoms with Gasteiger partial charge in [0, 0.05) is 26.1 Å². The molecule has 1 aromatic rings. The molecule has 2 rings (SSSR count). The van der Waals surface area contributed by atoms with Crippen LogP contribution in [-0.4, -0.2) is 35.6 Å². The summed E-state index contributed by atoms with van der Waals surface area (Å²) in [5.41, 5.74) is 2.64. The maximum atomic E-state index is 12.2. The number of unbranched alkanes of at least 4 members (excludes halogenated alkanes) is 2. The molecule has 0 aliphatic carbocycles. The monoisotopic (exact) mass is 320 g/mol. The van der Waals surface area contributed by atoms with E-state index in [4.69, 9.17) is 0 Å². The van der Waals surface area contributed by atoms with E-state index in [2.05, 4.69) is 36.1 Å². The van der Waals surface area contributed by atoms with Gasteiger partial charge in [-0.25, -0.2) is 0 Å². The molecule has 120 valence electrons. The first-order valence-corrected chi connectivity index (χ1v) is 8.56. The third-order valence-electron chi connectivity index (χ3n) is 4.02. The zero-order valence-corrected chi connectivity index (χ0v) is 13.8. The first-order chi connectivity index (χ1) is 10.7. The van der Waals surface area contributed by atoms with Gasteiger partial charge in [0.15, 0.2) is 0 Å². The lowest BCUT2D eigenvalue weighted by Gasteiger charge is -2.29. The Bertz CT molecular complexity index is 519. The minimum absolute atomic E-state index is 0.0357. The molecule has 0 aromatic heterocycles. The molecule has 1 aliphatic heterocycles. The highest BCUT2D eigenvalue weighted by molar-refractivity contribution is 7.81.